The number of rotatable bonds is 4. The number of nitrogens with zero attached hydrogens (tertiary/aromatic N) is 2. The van der Waals surface area contributed by atoms with Crippen molar-refractivity contribution in [2.45, 2.75) is 12.7 Å². The Morgan fingerprint density at radius 1 is 1.03 bits per heavy atom. The lowest BCUT2D eigenvalue weighted by Crippen LogP contribution is -2.27. The zero-order chi connectivity index (χ0) is 22.9. The van der Waals surface area contributed by atoms with Crippen molar-refractivity contribution in [2.75, 3.05) is 0 Å². The molecule has 2 aromatic carbocycles. The average molecular weight is 454 g/mol. The molecule has 0 atom stereocenters. The van der Waals surface area contributed by atoms with Gasteiger partial charge in [0.25, 0.3) is 11.1 Å². The van der Waals surface area contributed by atoms with E-state index in [1.54, 1.807) is 24.3 Å². The number of furan rings is 1. The summed E-state index contributed by atoms with van der Waals surface area (Å²) in [4.78, 5) is 26.2. The summed E-state index contributed by atoms with van der Waals surface area (Å²) in [6.07, 6.45) is -3.23. The Labute approximate surface area is 184 Å². The number of carbonyl (C=O) groups excluding carboxylic acids is 2. The SMILES string of the molecule is N#Cc1ccccc1CN1C(=O)S/C(=C/c2ccc(-c3ccccc3C(F)(F)F)o2)C1=O. The van der Waals surface area contributed by atoms with E-state index in [0.717, 1.165) is 11.0 Å². The molecule has 0 spiro atoms. The van der Waals surface area contributed by atoms with E-state index < -0.39 is 22.9 Å². The second-order valence-electron chi connectivity index (χ2n) is 6.78. The van der Waals surface area contributed by atoms with E-state index in [0.29, 0.717) is 22.9 Å². The Balaban J connectivity index is 1.59. The summed E-state index contributed by atoms with van der Waals surface area (Å²) in [5.74, 6) is -0.437. The van der Waals surface area contributed by atoms with Crippen molar-refractivity contribution < 1.29 is 27.2 Å². The number of amides is 2. The molecular weight excluding hydrogens is 441 g/mol. The molecule has 160 valence electrons. The highest BCUT2D eigenvalue weighted by molar-refractivity contribution is 8.18. The van der Waals surface area contributed by atoms with Crippen LogP contribution in [0.25, 0.3) is 17.4 Å². The predicted molar refractivity (Wildman–Crippen MR) is 112 cm³/mol. The highest BCUT2D eigenvalue weighted by Crippen LogP contribution is 2.38. The molecule has 9 heteroatoms. The number of thioether (sulfide) groups is 1. The molecule has 1 fully saturated rings. The molecule has 32 heavy (non-hydrogen) atoms. The summed E-state index contributed by atoms with van der Waals surface area (Å²) in [7, 11) is 0. The van der Waals surface area contributed by atoms with Crippen LogP contribution < -0.4 is 0 Å². The fourth-order valence-electron chi connectivity index (χ4n) is 3.22. The van der Waals surface area contributed by atoms with Crippen molar-refractivity contribution in [1.82, 2.24) is 4.90 Å². The summed E-state index contributed by atoms with van der Waals surface area (Å²) in [5, 5.41) is 8.69. The van der Waals surface area contributed by atoms with E-state index in [2.05, 4.69) is 0 Å². The molecule has 0 unspecified atom stereocenters. The van der Waals surface area contributed by atoms with Gasteiger partial charge < -0.3 is 4.42 Å². The molecule has 0 bridgehead atoms. The van der Waals surface area contributed by atoms with Crippen LogP contribution in [0.2, 0.25) is 0 Å². The topological polar surface area (TPSA) is 74.3 Å². The molecule has 1 aliphatic heterocycles. The second-order valence-corrected chi connectivity index (χ2v) is 7.78. The van der Waals surface area contributed by atoms with E-state index in [-0.39, 0.29) is 28.5 Å². The Bertz CT molecular complexity index is 1290. The number of halogens is 3. The van der Waals surface area contributed by atoms with Crippen LogP contribution in [-0.2, 0) is 17.5 Å². The van der Waals surface area contributed by atoms with Gasteiger partial charge in [0.05, 0.1) is 28.6 Å². The molecule has 2 amide bonds. The lowest BCUT2D eigenvalue weighted by molar-refractivity contribution is -0.137. The summed E-state index contributed by atoms with van der Waals surface area (Å²) in [6.45, 7) is -0.0614. The Morgan fingerprint density at radius 2 is 1.75 bits per heavy atom. The number of imide groups is 1. The first-order chi connectivity index (χ1) is 15.3. The molecule has 5 nitrogen and oxygen atoms in total. The van der Waals surface area contributed by atoms with E-state index in [9.17, 15) is 28.0 Å². The molecule has 4 rings (SSSR count). The maximum absolute atomic E-state index is 13.3. The maximum Gasteiger partial charge on any atom is 0.417 e. The number of alkyl halides is 3. The van der Waals surface area contributed by atoms with Gasteiger partial charge in [-0.15, -0.1) is 0 Å². The van der Waals surface area contributed by atoms with Crippen molar-refractivity contribution in [3.8, 4) is 17.4 Å². The minimum absolute atomic E-state index is 0.00801. The van der Waals surface area contributed by atoms with Gasteiger partial charge in [0.2, 0.25) is 0 Å². The van der Waals surface area contributed by atoms with Gasteiger partial charge in [-0.1, -0.05) is 36.4 Å². The Morgan fingerprint density at radius 3 is 2.50 bits per heavy atom. The number of carbonyl (C=O) groups is 2. The summed E-state index contributed by atoms with van der Waals surface area (Å²) >= 11 is 0.697. The molecule has 0 aliphatic carbocycles. The van der Waals surface area contributed by atoms with Crippen LogP contribution in [0.1, 0.15) is 22.5 Å². The normalized spacial score (nSPS) is 15.4. The van der Waals surface area contributed by atoms with Crippen molar-refractivity contribution in [3.05, 3.63) is 88.0 Å². The van der Waals surface area contributed by atoms with Gasteiger partial charge in [-0.25, -0.2) is 0 Å². The quantitative estimate of drug-likeness (QED) is 0.447. The first-order valence-corrected chi connectivity index (χ1v) is 10.1. The first-order valence-electron chi connectivity index (χ1n) is 9.28. The summed E-state index contributed by atoms with van der Waals surface area (Å²) in [6, 6.07) is 16.5. The number of hydrogen-bond donors (Lipinski definition) is 0. The monoisotopic (exact) mass is 454 g/mol. The lowest BCUT2D eigenvalue weighted by atomic mass is 10.1. The van der Waals surface area contributed by atoms with Crippen molar-refractivity contribution >= 4 is 29.0 Å². The smallest absolute Gasteiger partial charge is 0.417 e. The maximum atomic E-state index is 13.3. The third kappa shape index (κ3) is 4.18. The van der Waals surface area contributed by atoms with E-state index in [4.69, 9.17) is 4.42 Å². The summed E-state index contributed by atoms with van der Waals surface area (Å²) in [5.41, 5.74) is -0.0737. The van der Waals surface area contributed by atoms with Crippen LogP contribution in [0.5, 0.6) is 0 Å². The van der Waals surface area contributed by atoms with Gasteiger partial charge in [0, 0.05) is 11.6 Å². The minimum Gasteiger partial charge on any atom is -0.457 e. The second kappa shape index (κ2) is 8.40. The van der Waals surface area contributed by atoms with Gasteiger partial charge in [0.1, 0.15) is 11.5 Å². The molecule has 1 aliphatic rings. The molecule has 0 saturated carbocycles. The van der Waals surface area contributed by atoms with Gasteiger partial charge >= 0.3 is 6.18 Å². The molecule has 0 radical (unpaired) electrons. The van der Waals surface area contributed by atoms with Crippen LogP contribution in [0.3, 0.4) is 0 Å². The third-order valence-electron chi connectivity index (χ3n) is 4.74. The van der Waals surface area contributed by atoms with E-state index >= 15 is 0 Å². The fourth-order valence-corrected chi connectivity index (χ4v) is 4.04. The molecular formula is C23H13F3N2O3S. The molecule has 0 N–H and O–H groups in total. The highest BCUT2D eigenvalue weighted by Gasteiger charge is 2.36. The predicted octanol–water partition coefficient (Wildman–Crippen LogP) is 6.07. The van der Waals surface area contributed by atoms with E-state index in [1.807, 2.05) is 6.07 Å². The van der Waals surface area contributed by atoms with Crippen LogP contribution in [0.4, 0.5) is 18.0 Å². The van der Waals surface area contributed by atoms with Crippen LogP contribution in [-0.4, -0.2) is 16.0 Å². The standard InChI is InChI=1S/C23H13F3N2O3S/c24-23(25,26)18-8-4-3-7-17(18)19-10-9-16(31-19)11-20-21(29)28(22(30)32-20)13-15-6-2-1-5-14(15)12-27/h1-11H,13H2/b20-11+. The zero-order valence-electron chi connectivity index (χ0n) is 16.2. The third-order valence-corrected chi connectivity index (χ3v) is 5.65. The highest BCUT2D eigenvalue weighted by atomic mass is 32.2. The number of nitriles is 1. The van der Waals surface area contributed by atoms with E-state index in [1.165, 1.54) is 36.4 Å². The summed E-state index contributed by atoms with van der Waals surface area (Å²) < 4.78 is 45.3. The van der Waals surface area contributed by atoms with Gasteiger partial charge in [0.15, 0.2) is 0 Å². The first kappa shape index (κ1) is 21.5. The van der Waals surface area contributed by atoms with Crippen molar-refractivity contribution in [3.63, 3.8) is 0 Å². The fraction of sp³-hybridized carbons (Fsp3) is 0.0870. The van der Waals surface area contributed by atoms with Crippen molar-refractivity contribution in [2.24, 2.45) is 0 Å². The lowest BCUT2D eigenvalue weighted by Gasteiger charge is -2.13. The van der Waals surface area contributed by atoms with Gasteiger partial charge in [-0.3, -0.25) is 14.5 Å². The Hall–Kier alpha value is -3.77. The molecule has 2 heterocycles. The van der Waals surface area contributed by atoms with Crippen LogP contribution in [0, 0.1) is 11.3 Å². The van der Waals surface area contributed by atoms with Crippen LogP contribution in [0.15, 0.2) is 70.0 Å². The molecule has 1 saturated heterocycles. The van der Waals surface area contributed by atoms with Gasteiger partial charge in [-0.2, -0.15) is 18.4 Å². The number of hydrogen-bond acceptors (Lipinski definition) is 5. The van der Waals surface area contributed by atoms with Crippen LogP contribution >= 0.6 is 11.8 Å². The number of benzene rings is 2. The minimum atomic E-state index is -4.55. The van der Waals surface area contributed by atoms with Gasteiger partial charge in [-0.05, 0) is 41.6 Å². The van der Waals surface area contributed by atoms with Crippen molar-refractivity contribution in [1.29, 1.82) is 5.26 Å². The average Bonchev–Trinajstić information content (AvgIpc) is 3.34. The molecule has 1 aromatic heterocycles. The largest absolute Gasteiger partial charge is 0.457 e. The molecule has 3 aromatic rings. The Kier molecular flexibility index (Phi) is 5.63. The zero-order valence-corrected chi connectivity index (χ0v) is 17.0.